The smallest absolute Gasteiger partial charge is 0.340 e. The number of ether oxygens (including phenoxy) is 1. The van der Waals surface area contributed by atoms with Crippen LogP contribution < -0.4 is 5.32 Å². The first kappa shape index (κ1) is 13.3. The summed E-state index contributed by atoms with van der Waals surface area (Å²) in [6.45, 7) is 2.79. The van der Waals surface area contributed by atoms with Crippen LogP contribution in [0.4, 0.5) is 5.69 Å². The Bertz CT molecular complexity index is 396. The lowest BCUT2D eigenvalue weighted by molar-refractivity contribution is 0.0601. The summed E-state index contributed by atoms with van der Waals surface area (Å²) < 4.78 is 5.46. The minimum atomic E-state index is -0.401. The maximum absolute atomic E-state index is 11.6. The molecule has 0 aliphatic rings. The molecule has 0 radical (unpaired) electrons. The van der Waals surface area contributed by atoms with E-state index < -0.39 is 5.97 Å². The molecular weight excluding hydrogens is 293 g/mol. The molecule has 0 heterocycles. The van der Waals surface area contributed by atoms with Crippen LogP contribution in [0.1, 0.15) is 23.7 Å². The average Bonchev–Trinajstić information content (AvgIpc) is 2.26. The van der Waals surface area contributed by atoms with Crippen molar-refractivity contribution in [2.24, 2.45) is 0 Å². The summed E-state index contributed by atoms with van der Waals surface area (Å²) in [5, 5.41) is 3.62. The van der Waals surface area contributed by atoms with Gasteiger partial charge in [-0.25, -0.2) is 4.79 Å². The van der Waals surface area contributed by atoms with E-state index in [1.807, 2.05) is 6.92 Å². The zero-order chi connectivity index (χ0) is 12.1. The number of methoxy groups -OCH3 is 1. The lowest BCUT2D eigenvalue weighted by atomic mass is 10.1. The minimum absolute atomic E-state index is 0.401. The van der Waals surface area contributed by atoms with E-state index in [9.17, 15) is 4.79 Å². The van der Waals surface area contributed by atoms with Crippen LogP contribution >= 0.6 is 27.5 Å². The van der Waals surface area contributed by atoms with Gasteiger partial charge in [0.2, 0.25) is 0 Å². The van der Waals surface area contributed by atoms with Gasteiger partial charge in [-0.15, -0.1) is 0 Å². The molecule has 0 atom stereocenters. The van der Waals surface area contributed by atoms with Gasteiger partial charge in [0, 0.05) is 11.0 Å². The summed E-state index contributed by atoms with van der Waals surface area (Å²) in [6.07, 6.45) is 0.951. The molecule has 0 aliphatic carbocycles. The van der Waals surface area contributed by atoms with Crippen molar-refractivity contribution in [1.29, 1.82) is 0 Å². The first-order chi connectivity index (χ1) is 7.60. The van der Waals surface area contributed by atoms with E-state index in [1.54, 1.807) is 12.1 Å². The predicted molar refractivity (Wildman–Crippen MR) is 69.3 cm³/mol. The summed E-state index contributed by atoms with van der Waals surface area (Å²) in [4.78, 5) is 11.6. The number of halogens is 2. The highest BCUT2D eigenvalue weighted by atomic mass is 79.9. The average molecular weight is 307 g/mol. The highest BCUT2D eigenvalue weighted by molar-refractivity contribution is 9.10. The van der Waals surface area contributed by atoms with Gasteiger partial charge in [0.15, 0.2) is 0 Å². The Kier molecular flexibility index (Phi) is 5.09. The van der Waals surface area contributed by atoms with Crippen LogP contribution in [0.2, 0.25) is 5.02 Å². The fourth-order valence-electron chi connectivity index (χ4n) is 1.27. The molecule has 5 heteroatoms. The summed E-state index contributed by atoms with van der Waals surface area (Å²) in [7, 11) is 1.35. The molecule has 0 amide bonds. The van der Waals surface area contributed by atoms with E-state index in [2.05, 4.69) is 21.2 Å². The zero-order valence-corrected chi connectivity index (χ0v) is 11.5. The van der Waals surface area contributed by atoms with Gasteiger partial charge in [0.05, 0.1) is 23.4 Å². The van der Waals surface area contributed by atoms with Gasteiger partial charge < -0.3 is 10.1 Å². The van der Waals surface area contributed by atoms with Crippen LogP contribution in [0.3, 0.4) is 0 Å². The molecular formula is C11H13BrClNO2. The normalized spacial score (nSPS) is 10.0. The second-order valence-electron chi connectivity index (χ2n) is 3.23. The molecule has 16 heavy (non-hydrogen) atoms. The number of benzene rings is 1. The molecule has 0 aromatic heterocycles. The molecule has 0 aliphatic heterocycles. The summed E-state index contributed by atoms with van der Waals surface area (Å²) >= 11 is 9.36. The lowest BCUT2D eigenvalue weighted by Gasteiger charge is -2.12. The molecule has 0 saturated heterocycles. The van der Waals surface area contributed by atoms with E-state index in [0.29, 0.717) is 16.3 Å². The van der Waals surface area contributed by atoms with Gasteiger partial charge in [-0.3, -0.25) is 0 Å². The highest BCUT2D eigenvalue weighted by Gasteiger charge is 2.15. The summed E-state index contributed by atoms with van der Waals surface area (Å²) in [5.41, 5.74) is 1.06. The van der Waals surface area contributed by atoms with Gasteiger partial charge in [0.25, 0.3) is 0 Å². The number of esters is 1. The number of nitrogens with one attached hydrogen (secondary N) is 1. The highest BCUT2D eigenvalue weighted by Crippen LogP contribution is 2.30. The molecule has 0 unspecified atom stereocenters. The van der Waals surface area contributed by atoms with Crippen LogP contribution in [-0.4, -0.2) is 19.6 Å². The van der Waals surface area contributed by atoms with Gasteiger partial charge >= 0.3 is 5.97 Å². The van der Waals surface area contributed by atoms with Crippen LogP contribution in [-0.2, 0) is 4.74 Å². The second-order valence-corrected chi connectivity index (χ2v) is 4.55. The number of hydrogen-bond acceptors (Lipinski definition) is 3. The van der Waals surface area contributed by atoms with Gasteiger partial charge in [0.1, 0.15) is 0 Å². The fourth-order valence-corrected chi connectivity index (χ4v) is 2.15. The number of hydrogen-bond donors (Lipinski definition) is 1. The second kappa shape index (κ2) is 6.11. The van der Waals surface area contributed by atoms with Crippen LogP contribution in [0.15, 0.2) is 16.6 Å². The van der Waals surface area contributed by atoms with Crippen molar-refractivity contribution in [3.8, 4) is 0 Å². The first-order valence-corrected chi connectivity index (χ1v) is 6.08. The van der Waals surface area contributed by atoms with Crippen molar-refractivity contribution in [2.45, 2.75) is 13.3 Å². The Hall–Kier alpha value is -0.740. The molecule has 88 valence electrons. The number of carbonyl (C=O) groups excluding carboxylic acids is 1. The molecule has 3 nitrogen and oxygen atoms in total. The van der Waals surface area contributed by atoms with Crippen LogP contribution in [0, 0.1) is 0 Å². The molecule has 0 saturated carbocycles. The van der Waals surface area contributed by atoms with E-state index in [4.69, 9.17) is 16.3 Å². The molecule has 1 N–H and O–H groups in total. The van der Waals surface area contributed by atoms with E-state index in [0.717, 1.165) is 17.4 Å². The first-order valence-electron chi connectivity index (χ1n) is 4.91. The Morgan fingerprint density at radius 2 is 2.25 bits per heavy atom. The Morgan fingerprint density at radius 1 is 1.56 bits per heavy atom. The van der Waals surface area contributed by atoms with Gasteiger partial charge in [-0.05, 0) is 18.6 Å². The molecule has 0 fully saturated rings. The Morgan fingerprint density at radius 3 is 2.81 bits per heavy atom. The van der Waals surface area contributed by atoms with Crippen LogP contribution in [0.25, 0.3) is 0 Å². The quantitative estimate of drug-likeness (QED) is 0.862. The minimum Gasteiger partial charge on any atom is -0.465 e. The van der Waals surface area contributed by atoms with Gasteiger partial charge in [-0.2, -0.15) is 0 Å². The van der Waals surface area contributed by atoms with Crippen molar-refractivity contribution in [1.82, 2.24) is 0 Å². The van der Waals surface area contributed by atoms with Crippen molar-refractivity contribution in [3.63, 3.8) is 0 Å². The molecule has 1 aromatic carbocycles. The Balaban J connectivity index is 3.15. The number of carbonyl (C=O) groups is 1. The third-order valence-corrected chi connectivity index (χ3v) is 2.77. The number of rotatable bonds is 4. The lowest BCUT2D eigenvalue weighted by Crippen LogP contribution is -2.09. The van der Waals surface area contributed by atoms with Crippen molar-refractivity contribution in [2.75, 3.05) is 19.0 Å². The largest absolute Gasteiger partial charge is 0.465 e. The number of anilines is 1. The zero-order valence-electron chi connectivity index (χ0n) is 9.14. The maximum atomic E-state index is 11.6. The van der Waals surface area contributed by atoms with E-state index in [1.165, 1.54) is 7.11 Å². The fraction of sp³-hybridized carbons (Fsp3) is 0.364. The van der Waals surface area contributed by atoms with Crippen molar-refractivity contribution < 1.29 is 9.53 Å². The summed E-state index contributed by atoms with van der Waals surface area (Å²) in [5.74, 6) is -0.401. The van der Waals surface area contributed by atoms with Crippen molar-refractivity contribution >= 4 is 39.2 Å². The van der Waals surface area contributed by atoms with Crippen molar-refractivity contribution in [3.05, 3.63) is 27.2 Å². The standard InChI is InChI=1S/C11H13BrClNO2/c1-3-4-14-10-8(11(15)16-2)5-7(12)6-9(10)13/h5-6,14H,3-4H2,1-2H3. The maximum Gasteiger partial charge on any atom is 0.340 e. The SMILES string of the molecule is CCCNc1c(Cl)cc(Br)cc1C(=O)OC. The monoisotopic (exact) mass is 305 g/mol. The summed E-state index contributed by atoms with van der Waals surface area (Å²) in [6, 6.07) is 3.43. The predicted octanol–water partition coefficient (Wildman–Crippen LogP) is 3.71. The third kappa shape index (κ3) is 3.12. The molecule has 1 aromatic rings. The van der Waals surface area contributed by atoms with Crippen LogP contribution in [0.5, 0.6) is 0 Å². The van der Waals surface area contributed by atoms with Gasteiger partial charge in [-0.1, -0.05) is 34.5 Å². The van der Waals surface area contributed by atoms with E-state index in [-0.39, 0.29) is 0 Å². The van der Waals surface area contributed by atoms with E-state index >= 15 is 0 Å². The topological polar surface area (TPSA) is 38.3 Å². The third-order valence-electron chi connectivity index (χ3n) is 2.01. The molecule has 1 rings (SSSR count). The molecule has 0 bridgehead atoms. The molecule has 0 spiro atoms. The Labute approximate surface area is 108 Å².